The molecular weight excluding hydrogens is 208 g/mol. The third-order valence-electron chi connectivity index (χ3n) is 2.29. The first-order valence-corrected chi connectivity index (χ1v) is 4.74. The van der Waals surface area contributed by atoms with Gasteiger partial charge in [0.1, 0.15) is 11.8 Å². The molecule has 1 unspecified atom stereocenters. The summed E-state index contributed by atoms with van der Waals surface area (Å²) in [6.45, 7) is 0. The Morgan fingerprint density at radius 1 is 1.38 bits per heavy atom. The lowest BCUT2D eigenvalue weighted by molar-refractivity contribution is 0.199. The number of aromatic nitrogens is 4. The predicted molar refractivity (Wildman–Crippen MR) is 55.9 cm³/mol. The molecule has 2 rings (SSSR count). The molecule has 0 saturated carbocycles. The van der Waals surface area contributed by atoms with Crippen LogP contribution in [0.15, 0.2) is 24.8 Å². The Balaban J connectivity index is 2.41. The molecule has 0 spiro atoms. The van der Waals surface area contributed by atoms with Crippen LogP contribution in [0, 0.1) is 0 Å². The summed E-state index contributed by atoms with van der Waals surface area (Å²) in [7, 11) is 3.27. The van der Waals surface area contributed by atoms with E-state index < -0.39 is 6.10 Å². The molecule has 84 valence electrons. The maximum atomic E-state index is 10.1. The van der Waals surface area contributed by atoms with Crippen LogP contribution in [-0.2, 0) is 7.05 Å². The van der Waals surface area contributed by atoms with E-state index in [2.05, 4.69) is 15.1 Å². The van der Waals surface area contributed by atoms with Crippen molar-refractivity contribution in [3.63, 3.8) is 0 Å². The molecule has 0 amide bonds. The van der Waals surface area contributed by atoms with E-state index >= 15 is 0 Å². The quantitative estimate of drug-likeness (QED) is 0.805. The maximum absolute atomic E-state index is 10.1. The summed E-state index contributed by atoms with van der Waals surface area (Å²) in [6, 6.07) is 0. The van der Waals surface area contributed by atoms with Gasteiger partial charge in [0.2, 0.25) is 0 Å². The van der Waals surface area contributed by atoms with Gasteiger partial charge in [-0.15, -0.1) is 0 Å². The Kier molecular flexibility index (Phi) is 2.82. The minimum Gasteiger partial charge on any atom is -0.493 e. The van der Waals surface area contributed by atoms with Crippen LogP contribution < -0.4 is 4.74 Å². The van der Waals surface area contributed by atoms with Crippen LogP contribution in [0.3, 0.4) is 0 Å². The van der Waals surface area contributed by atoms with Gasteiger partial charge < -0.3 is 9.84 Å². The molecule has 0 bridgehead atoms. The Labute approximate surface area is 92.5 Å². The van der Waals surface area contributed by atoms with Gasteiger partial charge in [0, 0.05) is 19.4 Å². The summed E-state index contributed by atoms with van der Waals surface area (Å²) < 4.78 is 6.67. The van der Waals surface area contributed by atoms with Crippen molar-refractivity contribution in [1.29, 1.82) is 0 Å². The lowest BCUT2D eigenvalue weighted by atomic mass is 10.2. The molecule has 0 radical (unpaired) electrons. The van der Waals surface area contributed by atoms with E-state index in [1.54, 1.807) is 24.1 Å². The Morgan fingerprint density at radius 3 is 2.81 bits per heavy atom. The maximum Gasteiger partial charge on any atom is 0.163 e. The van der Waals surface area contributed by atoms with Crippen molar-refractivity contribution in [3.8, 4) is 5.75 Å². The highest BCUT2D eigenvalue weighted by atomic mass is 16.5. The topological polar surface area (TPSA) is 73.1 Å². The average Bonchev–Trinajstić information content (AvgIpc) is 2.70. The lowest BCUT2D eigenvalue weighted by Crippen LogP contribution is -2.09. The van der Waals surface area contributed by atoms with E-state index in [1.165, 1.54) is 19.5 Å². The standard InChI is InChI=1S/C10H12N4O2/c1-14-9(8(16-2)6-13-14)10(15)7-5-11-3-4-12-7/h3-6,10,15H,1-2H3. The van der Waals surface area contributed by atoms with E-state index in [-0.39, 0.29) is 0 Å². The van der Waals surface area contributed by atoms with Crippen LogP contribution in [0.1, 0.15) is 17.5 Å². The van der Waals surface area contributed by atoms with Crippen molar-refractivity contribution in [3.05, 3.63) is 36.2 Å². The number of hydrogen-bond donors (Lipinski definition) is 1. The van der Waals surface area contributed by atoms with Crippen LogP contribution in [0.2, 0.25) is 0 Å². The van der Waals surface area contributed by atoms with Crippen molar-refractivity contribution in [2.75, 3.05) is 7.11 Å². The molecule has 16 heavy (non-hydrogen) atoms. The Morgan fingerprint density at radius 2 is 2.19 bits per heavy atom. The van der Waals surface area contributed by atoms with Gasteiger partial charge in [0.05, 0.1) is 25.2 Å². The average molecular weight is 220 g/mol. The van der Waals surface area contributed by atoms with Gasteiger partial charge in [0.15, 0.2) is 5.75 Å². The van der Waals surface area contributed by atoms with Crippen molar-refractivity contribution in [2.45, 2.75) is 6.10 Å². The van der Waals surface area contributed by atoms with Crippen LogP contribution >= 0.6 is 0 Å². The van der Waals surface area contributed by atoms with Crippen molar-refractivity contribution >= 4 is 0 Å². The van der Waals surface area contributed by atoms with Crippen LogP contribution in [0.5, 0.6) is 5.75 Å². The van der Waals surface area contributed by atoms with E-state index in [4.69, 9.17) is 4.74 Å². The summed E-state index contributed by atoms with van der Waals surface area (Å²) >= 11 is 0. The molecule has 6 heteroatoms. The number of rotatable bonds is 3. The van der Waals surface area contributed by atoms with E-state index in [0.29, 0.717) is 17.1 Å². The second-order valence-corrected chi connectivity index (χ2v) is 3.25. The smallest absolute Gasteiger partial charge is 0.163 e. The van der Waals surface area contributed by atoms with Gasteiger partial charge in [-0.05, 0) is 0 Å². The van der Waals surface area contributed by atoms with Crippen molar-refractivity contribution in [1.82, 2.24) is 19.7 Å². The molecule has 2 aromatic rings. The van der Waals surface area contributed by atoms with Gasteiger partial charge in [0.25, 0.3) is 0 Å². The number of aliphatic hydroxyl groups is 1. The lowest BCUT2D eigenvalue weighted by Gasteiger charge is -2.11. The summed E-state index contributed by atoms with van der Waals surface area (Å²) in [6.07, 6.45) is 5.25. The molecule has 0 aromatic carbocycles. The number of nitrogens with zero attached hydrogens (tertiary/aromatic N) is 4. The van der Waals surface area contributed by atoms with E-state index in [1.807, 2.05) is 0 Å². The third kappa shape index (κ3) is 1.74. The van der Waals surface area contributed by atoms with E-state index in [9.17, 15) is 5.11 Å². The van der Waals surface area contributed by atoms with Gasteiger partial charge in [-0.25, -0.2) is 0 Å². The molecule has 0 aliphatic carbocycles. The SMILES string of the molecule is COc1cnn(C)c1C(O)c1cnccn1. The Hall–Kier alpha value is -1.95. The second-order valence-electron chi connectivity index (χ2n) is 3.25. The van der Waals surface area contributed by atoms with Gasteiger partial charge in [-0.3, -0.25) is 14.6 Å². The zero-order valence-electron chi connectivity index (χ0n) is 9.03. The predicted octanol–water partition coefficient (Wildman–Crippen LogP) is 0.300. The summed E-state index contributed by atoms with van der Waals surface area (Å²) in [5.74, 6) is 0.528. The molecule has 1 atom stereocenters. The molecule has 0 aliphatic heterocycles. The van der Waals surface area contributed by atoms with Crippen molar-refractivity contribution < 1.29 is 9.84 Å². The molecule has 2 aromatic heterocycles. The fraction of sp³-hybridized carbons (Fsp3) is 0.300. The van der Waals surface area contributed by atoms with E-state index in [0.717, 1.165) is 0 Å². The first kappa shape index (κ1) is 10.6. The largest absolute Gasteiger partial charge is 0.493 e. The number of aliphatic hydroxyl groups excluding tert-OH is 1. The van der Waals surface area contributed by atoms with Gasteiger partial charge >= 0.3 is 0 Å². The van der Waals surface area contributed by atoms with Gasteiger partial charge in [-0.2, -0.15) is 5.10 Å². The zero-order valence-corrected chi connectivity index (χ0v) is 9.03. The minimum absolute atomic E-state index is 0.462. The molecule has 1 N–H and O–H groups in total. The van der Waals surface area contributed by atoms with Gasteiger partial charge in [-0.1, -0.05) is 0 Å². The normalized spacial score (nSPS) is 12.4. The Bertz CT molecular complexity index is 469. The molecule has 2 heterocycles. The highest BCUT2D eigenvalue weighted by Gasteiger charge is 2.21. The first-order chi connectivity index (χ1) is 7.74. The fourth-order valence-corrected chi connectivity index (χ4v) is 1.49. The number of aryl methyl sites for hydroxylation is 1. The molecular formula is C10H12N4O2. The summed E-state index contributed by atoms with van der Waals surface area (Å²) in [5.41, 5.74) is 1.02. The summed E-state index contributed by atoms with van der Waals surface area (Å²) in [5, 5.41) is 14.1. The number of hydrogen-bond acceptors (Lipinski definition) is 5. The highest BCUT2D eigenvalue weighted by Crippen LogP contribution is 2.27. The summed E-state index contributed by atoms with van der Waals surface area (Å²) in [4.78, 5) is 7.95. The monoisotopic (exact) mass is 220 g/mol. The highest BCUT2D eigenvalue weighted by molar-refractivity contribution is 5.31. The van der Waals surface area contributed by atoms with Crippen LogP contribution in [0.25, 0.3) is 0 Å². The minimum atomic E-state index is -0.892. The molecule has 0 fully saturated rings. The van der Waals surface area contributed by atoms with Crippen LogP contribution in [-0.4, -0.2) is 32.0 Å². The third-order valence-corrected chi connectivity index (χ3v) is 2.29. The number of ether oxygens (including phenoxy) is 1. The first-order valence-electron chi connectivity index (χ1n) is 4.74. The number of methoxy groups -OCH3 is 1. The van der Waals surface area contributed by atoms with Crippen molar-refractivity contribution in [2.24, 2.45) is 7.05 Å². The molecule has 0 aliphatic rings. The molecule has 6 nitrogen and oxygen atoms in total. The van der Waals surface area contributed by atoms with Crippen LogP contribution in [0.4, 0.5) is 0 Å². The molecule has 0 saturated heterocycles. The second kappa shape index (κ2) is 4.28. The zero-order chi connectivity index (χ0) is 11.5. The fourth-order valence-electron chi connectivity index (χ4n) is 1.49.